The second-order valence-corrected chi connectivity index (χ2v) is 7.32. The van der Waals surface area contributed by atoms with Crippen molar-refractivity contribution in [2.45, 2.75) is 76.9 Å². The van der Waals surface area contributed by atoms with Crippen molar-refractivity contribution in [2.75, 3.05) is 13.2 Å². The van der Waals surface area contributed by atoms with Gasteiger partial charge in [0.2, 0.25) is 0 Å². The van der Waals surface area contributed by atoms with Gasteiger partial charge < -0.3 is 9.47 Å². The van der Waals surface area contributed by atoms with Gasteiger partial charge in [0.15, 0.2) is 5.25 Å². The Hall–Kier alpha value is 0.486. The Bertz CT molecular complexity index is 465. The summed E-state index contributed by atoms with van der Waals surface area (Å²) in [4.78, 5) is 23.5. The molecule has 0 heterocycles. The first-order valence-electron chi connectivity index (χ1n) is 8.61. The van der Waals surface area contributed by atoms with Crippen LogP contribution in [0, 0.1) is 0 Å². The van der Waals surface area contributed by atoms with E-state index >= 15 is 0 Å². The summed E-state index contributed by atoms with van der Waals surface area (Å²) in [7, 11) is -4.72. The molecule has 0 rings (SSSR count). The minimum atomic E-state index is -4.72. The SMILES string of the molecule is CCCCCCOC(=O)CC(C(=O)OCCCCCC)S(=O)(=O)O.[K]. The van der Waals surface area contributed by atoms with Gasteiger partial charge in [-0.1, -0.05) is 52.4 Å². The Morgan fingerprint density at radius 3 is 1.80 bits per heavy atom. The number of esters is 2. The van der Waals surface area contributed by atoms with E-state index in [2.05, 4.69) is 6.92 Å². The molecule has 7 nitrogen and oxygen atoms in total. The van der Waals surface area contributed by atoms with E-state index in [-0.39, 0.29) is 64.6 Å². The molecule has 0 aromatic carbocycles. The molecule has 1 N–H and O–H groups in total. The largest absolute Gasteiger partial charge is 0.466 e. The summed E-state index contributed by atoms with van der Waals surface area (Å²) in [6.07, 6.45) is 6.40. The molecule has 1 unspecified atom stereocenters. The molecule has 0 saturated heterocycles. The Balaban J connectivity index is 0. The molecule has 0 aromatic heterocycles. The minimum absolute atomic E-state index is 0. The monoisotopic (exact) mass is 405 g/mol. The van der Waals surface area contributed by atoms with Crippen LogP contribution in [0.5, 0.6) is 0 Å². The Morgan fingerprint density at radius 1 is 0.880 bits per heavy atom. The van der Waals surface area contributed by atoms with Gasteiger partial charge in [0.1, 0.15) is 0 Å². The summed E-state index contributed by atoms with van der Waals surface area (Å²) in [5.41, 5.74) is 0. The van der Waals surface area contributed by atoms with Crippen LogP contribution in [0.15, 0.2) is 0 Å². The average Bonchev–Trinajstić information content (AvgIpc) is 2.51. The fraction of sp³-hybridized carbons (Fsp3) is 0.875. The molecule has 25 heavy (non-hydrogen) atoms. The summed E-state index contributed by atoms with van der Waals surface area (Å²) < 4.78 is 41.5. The first-order valence-corrected chi connectivity index (χ1v) is 10.1. The maximum atomic E-state index is 11.8. The number of ether oxygens (including phenoxy) is 2. The van der Waals surface area contributed by atoms with Crippen LogP contribution in [0.3, 0.4) is 0 Å². The maximum absolute atomic E-state index is 11.8. The number of carbonyl (C=O) groups is 2. The molecule has 0 amide bonds. The fourth-order valence-electron chi connectivity index (χ4n) is 2.03. The second kappa shape index (κ2) is 16.6. The summed E-state index contributed by atoms with van der Waals surface area (Å²) in [5.74, 6) is -1.95. The van der Waals surface area contributed by atoms with Crippen molar-refractivity contribution in [2.24, 2.45) is 0 Å². The summed E-state index contributed by atoms with van der Waals surface area (Å²) in [6.45, 7) is 4.32. The normalized spacial score (nSPS) is 12.1. The van der Waals surface area contributed by atoms with Gasteiger partial charge in [0, 0.05) is 51.4 Å². The van der Waals surface area contributed by atoms with Crippen LogP contribution >= 0.6 is 0 Å². The van der Waals surface area contributed by atoms with Crippen LogP contribution in [0.25, 0.3) is 0 Å². The summed E-state index contributed by atoms with van der Waals surface area (Å²) in [6, 6.07) is 0. The number of unbranched alkanes of at least 4 members (excludes halogenated alkanes) is 6. The van der Waals surface area contributed by atoms with Crippen LogP contribution in [-0.4, -0.2) is 94.8 Å². The van der Waals surface area contributed by atoms with Crippen LogP contribution in [0.1, 0.15) is 71.6 Å². The zero-order valence-corrected chi connectivity index (χ0v) is 19.6. The second-order valence-electron chi connectivity index (χ2n) is 5.72. The molecule has 1 radical (unpaired) electrons. The summed E-state index contributed by atoms with van der Waals surface area (Å²) in [5, 5.41) is -1.92. The van der Waals surface area contributed by atoms with E-state index in [4.69, 9.17) is 14.0 Å². The zero-order chi connectivity index (χ0) is 18.4. The van der Waals surface area contributed by atoms with Crippen molar-refractivity contribution in [3.8, 4) is 0 Å². The molecule has 0 fully saturated rings. The van der Waals surface area contributed by atoms with Gasteiger partial charge in [0.05, 0.1) is 19.6 Å². The van der Waals surface area contributed by atoms with Crippen LogP contribution in [-0.2, 0) is 29.2 Å². The molecular formula is C16H30KO7S. The molecule has 1 atom stereocenters. The van der Waals surface area contributed by atoms with Crippen LogP contribution < -0.4 is 0 Å². The van der Waals surface area contributed by atoms with Gasteiger partial charge in [-0.15, -0.1) is 0 Å². The van der Waals surface area contributed by atoms with Crippen molar-refractivity contribution in [1.29, 1.82) is 0 Å². The Labute approximate surface area is 193 Å². The van der Waals surface area contributed by atoms with E-state index in [0.717, 1.165) is 38.5 Å². The third kappa shape index (κ3) is 15.3. The van der Waals surface area contributed by atoms with Crippen LogP contribution in [0.2, 0.25) is 0 Å². The van der Waals surface area contributed by atoms with Gasteiger partial charge in [-0.2, -0.15) is 8.42 Å². The third-order valence-electron chi connectivity index (χ3n) is 3.48. The van der Waals surface area contributed by atoms with E-state index in [1.165, 1.54) is 0 Å². The van der Waals surface area contributed by atoms with Crippen LogP contribution in [0.4, 0.5) is 0 Å². The van der Waals surface area contributed by atoms with E-state index < -0.39 is 33.7 Å². The van der Waals surface area contributed by atoms with Gasteiger partial charge in [-0.25, -0.2) is 0 Å². The van der Waals surface area contributed by atoms with Crippen molar-refractivity contribution >= 4 is 73.4 Å². The van der Waals surface area contributed by atoms with Gasteiger partial charge >= 0.3 is 11.9 Å². The first kappa shape index (κ1) is 27.7. The molecule has 0 aliphatic rings. The molecule has 143 valence electrons. The van der Waals surface area contributed by atoms with E-state index in [9.17, 15) is 18.0 Å². The van der Waals surface area contributed by atoms with Crippen molar-refractivity contribution < 1.29 is 32.0 Å². The average molecular weight is 406 g/mol. The first-order chi connectivity index (χ1) is 11.3. The number of carbonyl (C=O) groups excluding carboxylic acids is 2. The van der Waals surface area contributed by atoms with Gasteiger partial charge in [0.25, 0.3) is 10.1 Å². The standard InChI is InChI=1S/C16H30O7S.K/c1-3-5-7-9-11-22-15(17)13-14(24(19,20)21)16(18)23-12-10-8-6-4-2;/h14H,3-13H2,1-2H3,(H,19,20,21);. The van der Waals surface area contributed by atoms with Crippen molar-refractivity contribution in [1.82, 2.24) is 0 Å². The molecule has 0 saturated carbocycles. The van der Waals surface area contributed by atoms with E-state index in [1.54, 1.807) is 0 Å². The van der Waals surface area contributed by atoms with Crippen molar-refractivity contribution in [3.63, 3.8) is 0 Å². The minimum Gasteiger partial charge on any atom is -0.466 e. The smallest absolute Gasteiger partial charge is 0.327 e. The number of hydrogen-bond acceptors (Lipinski definition) is 6. The zero-order valence-electron chi connectivity index (χ0n) is 15.7. The molecule has 0 bridgehead atoms. The summed E-state index contributed by atoms with van der Waals surface area (Å²) >= 11 is 0. The molecular weight excluding hydrogens is 375 g/mol. The van der Waals surface area contributed by atoms with E-state index in [1.807, 2.05) is 6.92 Å². The Morgan fingerprint density at radius 2 is 1.36 bits per heavy atom. The number of rotatable bonds is 14. The maximum Gasteiger partial charge on any atom is 0.327 e. The molecule has 0 spiro atoms. The van der Waals surface area contributed by atoms with Crippen molar-refractivity contribution in [3.05, 3.63) is 0 Å². The van der Waals surface area contributed by atoms with Gasteiger partial charge in [-0.3, -0.25) is 14.1 Å². The third-order valence-corrected chi connectivity index (χ3v) is 4.56. The topological polar surface area (TPSA) is 107 Å². The fourth-order valence-corrected chi connectivity index (χ4v) is 2.69. The number of hydrogen-bond donors (Lipinski definition) is 1. The predicted octanol–water partition coefficient (Wildman–Crippen LogP) is 2.50. The van der Waals surface area contributed by atoms with Gasteiger partial charge in [-0.05, 0) is 12.8 Å². The van der Waals surface area contributed by atoms with E-state index in [0.29, 0.717) is 12.8 Å². The molecule has 9 heteroatoms. The molecule has 0 aliphatic heterocycles. The Kier molecular flexibility index (Phi) is 18.4. The quantitative estimate of drug-likeness (QED) is 0.205. The predicted molar refractivity (Wildman–Crippen MR) is 95.9 cm³/mol. The molecule has 0 aliphatic carbocycles. The molecule has 0 aromatic rings.